The van der Waals surface area contributed by atoms with Gasteiger partial charge in [0, 0.05) is 38.3 Å². The van der Waals surface area contributed by atoms with E-state index in [9.17, 15) is 9.59 Å². The predicted octanol–water partition coefficient (Wildman–Crippen LogP) is 2.63. The molecule has 1 fully saturated rings. The Bertz CT molecular complexity index is 677. The van der Waals surface area contributed by atoms with Crippen LogP contribution in [0.15, 0.2) is 29.3 Å². The second kappa shape index (κ2) is 10.7. The van der Waals surface area contributed by atoms with E-state index in [0.29, 0.717) is 13.2 Å². The third-order valence-corrected chi connectivity index (χ3v) is 4.82. The number of anilines is 1. The Kier molecular flexibility index (Phi) is 8.29. The number of hydrogen-bond acceptors (Lipinski definition) is 4. The molecule has 1 aliphatic rings. The van der Waals surface area contributed by atoms with E-state index in [-0.39, 0.29) is 23.7 Å². The Hall–Kier alpha value is -2.57. The van der Waals surface area contributed by atoms with E-state index in [4.69, 9.17) is 4.74 Å². The first-order valence-corrected chi connectivity index (χ1v) is 9.96. The number of carbonyl (C=O) groups excluding carboxylic acids is 2. The SMILES string of the molecule is CCOC(=O)C1CCN(C(=NC)NCc2ccc(NC(=O)C(C)C)cc2)CC1. The van der Waals surface area contributed by atoms with Gasteiger partial charge in [-0.2, -0.15) is 0 Å². The molecule has 0 radical (unpaired) electrons. The summed E-state index contributed by atoms with van der Waals surface area (Å²) in [4.78, 5) is 30.2. The Morgan fingerprint density at radius 3 is 2.39 bits per heavy atom. The summed E-state index contributed by atoms with van der Waals surface area (Å²) in [6.07, 6.45) is 1.56. The lowest BCUT2D eigenvalue weighted by Gasteiger charge is -2.33. The molecule has 0 bridgehead atoms. The van der Waals surface area contributed by atoms with Crippen LogP contribution in [0.5, 0.6) is 0 Å². The van der Waals surface area contributed by atoms with Crippen molar-refractivity contribution in [3.8, 4) is 0 Å². The minimum absolute atomic E-state index is 0.0112. The lowest BCUT2D eigenvalue weighted by atomic mass is 9.97. The number of aliphatic imine (C=N–C) groups is 1. The molecule has 0 aliphatic carbocycles. The van der Waals surface area contributed by atoms with Crippen LogP contribution < -0.4 is 10.6 Å². The topological polar surface area (TPSA) is 83.0 Å². The van der Waals surface area contributed by atoms with Crippen molar-refractivity contribution in [1.29, 1.82) is 0 Å². The lowest BCUT2D eigenvalue weighted by Crippen LogP contribution is -2.46. The van der Waals surface area contributed by atoms with E-state index >= 15 is 0 Å². The fourth-order valence-electron chi connectivity index (χ4n) is 3.09. The molecule has 154 valence electrons. The van der Waals surface area contributed by atoms with Crippen molar-refractivity contribution < 1.29 is 14.3 Å². The van der Waals surface area contributed by atoms with Crippen LogP contribution in [0.4, 0.5) is 5.69 Å². The van der Waals surface area contributed by atoms with Gasteiger partial charge in [-0.1, -0.05) is 26.0 Å². The summed E-state index contributed by atoms with van der Waals surface area (Å²) in [5, 5.41) is 6.26. The van der Waals surface area contributed by atoms with Gasteiger partial charge in [-0.25, -0.2) is 0 Å². The average Bonchev–Trinajstić information content (AvgIpc) is 2.70. The number of likely N-dealkylation sites (tertiary alicyclic amines) is 1. The standard InChI is InChI=1S/C21H32N4O3/c1-5-28-20(27)17-10-12-25(13-11-17)21(22-4)23-14-16-6-8-18(9-7-16)24-19(26)15(2)3/h6-9,15,17H,5,10-14H2,1-4H3,(H,22,23)(H,24,26). The van der Waals surface area contributed by atoms with Gasteiger partial charge in [-0.15, -0.1) is 0 Å². The Morgan fingerprint density at radius 2 is 1.86 bits per heavy atom. The molecule has 1 saturated heterocycles. The number of esters is 1. The van der Waals surface area contributed by atoms with Gasteiger partial charge in [0.2, 0.25) is 5.91 Å². The fourth-order valence-corrected chi connectivity index (χ4v) is 3.09. The fraction of sp³-hybridized carbons (Fsp3) is 0.571. The molecule has 1 amide bonds. The molecule has 0 aromatic heterocycles. The van der Waals surface area contributed by atoms with Gasteiger partial charge in [0.05, 0.1) is 12.5 Å². The first-order chi connectivity index (χ1) is 13.4. The average molecular weight is 389 g/mol. The van der Waals surface area contributed by atoms with E-state index in [1.165, 1.54) is 0 Å². The molecule has 0 spiro atoms. The summed E-state index contributed by atoms with van der Waals surface area (Å²) in [5.41, 5.74) is 1.90. The molecular weight excluding hydrogens is 356 g/mol. The normalized spacial score (nSPS) is 15.5. The number of nitrogens with zero attached hydrogens (tertiary/aromatic N) is 2. The smallest absolute Gasteiger partial charge is 0.309 e. The second-order valence-electron chi connectivity index (χ2n) is 7.26. The third kappa shape index (κ3) is 6.25. The van der Waals surface area contributed by atoms with Crippen LogP contribution in [0.3, 0.4) is 0 Å². The van der Waals surface area contributed by atoms with Crippen LogP contribution in [-0.2, 0) is 20.9 Å². The molecule has 1 aromatic carbocycles. The van der Waals surface area contributed by atoms with Gasteiger partial charge < -0.3 is 20.3 Å². The molecule has 0 saturated carbocycles. The highest BCUT2D eigenvalue weighted by Crippen LogP contribution is 2.19. The Labute approximate surface area is 167 Å². The zero-order chi connectivity index (χ0) is 20.5. The summed E-state index contributed by atoms with van der Waals surface area (Å²) in [6.45, 7) is 8.21. The Balaban J connectivity index is 1.83. The van der Waals surface area contributed by atoms with Crippen molar-refractivity contribution in [2.75, 3.05) is 32.1 Å². The summed E-state index contributed by atoms with van der Waals surface area (Å²) in [6, 6.07) is 7.79. The van der Waals surface area contributed by atoms with Gasteiger partial charge in [0.15, 0.2) is 5.96 Å². The van der Waals surface area contributed by atoms with Crippen LogP contribution in [0, 0.1) is 11.8 Å². The summed E-state index contributed by atoms with van der Waals surface area (Å²) < 4.78 is 5.13. The van der Waals surface area contributed by atoms with Gasteiger partial charge >= 0.3 is 5.97 Å². The van der Waals surface area contributed by atoms with Crippen molar-refractivity contribution in [2.45, 2.75) is 40.2 Å². The maximum Gasteiger partial charge on any atom is 0.309 e. The molecule has 2 N–H and O–H groups in total. The van der Waals surface area contributed by atoms with E-state index < -0.39 is 0 Å². The number of amides is 1. The molecule has 28 heavy (non-hydrogen) atoms. The number of piperidine rings is 1. The van der Waals surface area contributed by atoms with Gasteiger partial charge in [-0.05, 0) is 37.5 Å². The highest BCUT2D eigenvalue weighted by atomic mass is 16.5. The van der Waals surface area contributed by atoms with Crippen LogP contribution >= 0.6 is 0 Å². The molecule has 2 rings (SSSR count). The quantitative estimate of drug-likeness (QED) is 0.445. The molecule has 0 atom stereocenters. The van der Waals surface area contributed by atoms with E-state index in [0.717, 1.165) is 43.1 Å². The highest BCUT2D eigenvalue weighted by molar-refractivity contribution is 5.92. The van der Waals surface area contributed by atoms with E-state index in [1.54, 1.807) is 7.05 Å². The van der Waals surface area contributed by atoms with Crippen LogP contribution in [0.1, 0.15) is 39.2 Å². The molecule has 7 nitrogen and oxygen atoms in total. The maximum atomic E-state index is 11.9. The van der Waals surface area contributed by atoms with Crippen molar-refractivity contribution in [3.63, 3.8) is 0 Å². The van der Waals surface area contributed by atoms with Crippen LogP contribution in [0.2, 0.25) is 0 Å². The number of benzene rings is 1. The number of carbonyl (C=O) groups is 2. The van der Waals surface area contributed by atoms with Crippen molar-refractivity contribution in [3.05, 3.63) is 29.8 Å². The summed E-state index contributed by atoms with van der Waals surface area (Å²) in [5.74, 6) is 0.701. The zero-order valence-corrected chi connectivity index (χ0v) is 17.3. The molecule has 0 unspecified atom stereocenters. The number of rotatable bonds is 6. The number of nitrogens with one attached hydrogen (secondary N) is 2. The van der Waals surface area contributed by atoms with Gasteiger partial charge in [0.1, 0.15) is 0 Å². The molecular formula is C21H32N4O3. The number of hydrogen-bond donors (Lipinski definition) is 2. The van der Waals surface area contributed by atoms with Crippen molar-refractivity contribution in [2.24, 2.45) is 16.8 Å². The first kappa shape index (κ1) is 21.7. The van der Waals surface area contributed by atoms with Crippen LogP contribution in [0.25, 0.3) is 0 Å². The molecule has 7 heteroatoms. The minimum atomic E-state index is -0.0882. The monoisotopic (exact) mass is 388 g/mol. The van der Waals surface area contributed by atoms with Crippen molar-refractivity contribution >= 4 is 23.5 Å². The zero-order valence-electron chi connectivity index (χ0n) is 17.3. The van der Waals surface area contributed by atoms with E-state index in [1.807, 2.05) is 45.0 Å². The summed E-state index contributed by atoms with van der Waals surface area (Å²) in [7, 11) is 1.77. The van der Waals surface area contributed by atoms with Crippen molar-refractivity contribution in [1.82, 2.24) is 10.2 Å². The molecule has 1 aliphatic heterocycles. The Morgan fingerprint density at radius 1 is 1.21 bits per heavy atom. The lowest BCUT2D eigenvalue weighted by molar-refractivity contribution is -0.149. The largest absolute Gasteiger partial charge is 0.466 e. The number of guanidine groups is 1. The van der Waals surface area contributed by atoms with Crippen LogP contribution in [-0.4, -0.2) is 49.5 Å². The molecule has 1 aromatic rings. The maximum absolute atomic E-state index is 11.9. The molecule has 1 heterocycles. The van der Waals surface area contributed by atoms with Gasteiger partial charge in [0.25, 0.3) is 0 Å². The second-order valence-corrected chi connectivity index (χ2v) is 7.26. The predicted molar refractivity (Wildman–Crippen MR) is 111 cm³/mol. The van der Waals surface area contributed by atoms with E-state index in [2.05, 4.69) is 20.5 Å². The first-order valence-electron chi connectivity index (χ1n) is 9.96. The summed E-state index contributed by atoms with van der Waals surface area (Å²) >= 11 is 0. The third-order valence-electron chi connectivity index (χ3n) is 4.82. The minimum Gasteiger partial charge on any atom is -0.466 e. The van der Waals surface area contributed by atoms with Gasteiger partial charge in [-0.3, -0.25) is 14.6 Å². The number of ether oxygens (including phenoxy) is 1. The highest BCUT2D eigenvalue weighted by Gasteiger charge is 2.27.